The summed E-state index contributed by atoms with van der Waals surface area (Å²) in [5.41, 5.74) is 5.97. The van der Waals surface area contributed by atoms with Gasteiger partial charge in [0.05, 0.1) is 6.54 Å². The van der Waals surface area contributed by atoms with Gasteiger partial charge >= 0.3 is 0 Å². The molecule has 2 aromatic heterocycles. The Morgan fingerprint density at radius 1 is 1.44 bits per heavy atom. The summed E-state index contributed by atoms with van der Waals surface area (Å²) in [6.07, 6.45) is 3.12. The van der Waals surface area contributed by atoms with Crippen molar-refractivity contribution in [3.05, 3.63) is 40.3 Å². The Hall–Kier alpha value is -2.23. The molecule has 0 atom stereocenters. The first-order valence-corrected chi connectivity index (χ1v) is 6.04. The van der Waals surface area contributed by atoms with E-state index in [-0.39, 0.29) is 18.4 Å². The van der Waals surface area contributed by atoms with Gasteiger partial charge in [-0.15, -0.1) is 11.3 Å². The van der Waals surface area contributed by atoms with Crippen LogP contribution in [0.5, 0.6) is 0 Å². The fourth-order valence-corrected chi connectivity index (χ4v) is 2.00. The van der Waals surface area contributed by atoms with E-state index in [4.69, 9.17) is 5.73 Å². The summed E-state index contributed by atoms with van der Waals surface area (Å²) in [6, 6.07) is 3.47. The summed E-state index contributed by atoms with van der Waals surface area (Å²) in [5.74, 6) is 5.58. The molecule has 0 saturated carbocycles. The molecule has 0 aliphatic heterocycles. The van der Waals surface area contributed by atoms with Crippen molar-refractivity contribution in [3.8, 4) is 11.8 Å². The van der Waals surface area contributed by atoms with Crippen LogP contribution in [0.25, 0.3) is 0 Å². The summed E-state index contributed by atoms with van der Waals surface area (Å²) in [6.45, 7) is 0.263. The first-order valence-electron chi connectivity index (χ1n) is 5.16. The standard InChI is InChI=1S/C12H10N4OS/c13-5-1-3-9-4-8-18-10(9)11(17)16-12-14-6-2-7-15-12/h2,4,6-8H,5,13H2,(H,14,15,16,17). The lowest BCUT2D eigenvalue weighted by Gasteiger charge is -2.01. The van der Waals surface area contributed by atoms with Crippen LogP contribution in [0.15, 0.2) is 29.9 Å². The van der Waals surface area contributed by atoms with Crippen molar-refractivity contribution in [2.45, 2.75) is 0 Å². The van der Waals surface area contributed by atoms with Crippen molar-refractivity contribution < 1.29 is 4.79 Å². The number of carbonyl (C=O) groups excluding carboxylic acids is 1. The summed E-state index contributed by atoms with van der Waals surface area (Å²) >= 11 is 1.32. The van der Waals surface area contributed by atoms with Gasteiger partial charge in [0.15, 0.2) is 0 Å². The molecule has 1 amide bonds. The Morgan fingerprint density at radius 3 is 2.94 bits per heavy atom. The second kappa shape index (κ2) is 5.91. The molecular weight excluding hydrogens is 248 g/mol. The maximum absolute atomic E-state index is 12.0. The zero-order valence-corrected chi connectivity index (χ0v) is 10.2. The quantitative estimate of drug-likeness (QED) is 0.790. The van der Waals surface area contributed by atoms with Crippen LogP contribution in [0.2, 0.25) is 0 Å². The first-order chi connectivity index (χ1) is 8.81. The van der Waals surface area contributed by atoms with Crippen molar-refractivity contribution in [3.63, 3.8) is 0 Å². The molecule has 2 aromatic rings. The SMILES string of the molecule is NCC#Cc1ccsc1C(=O)Nc1ncccn1. The van der Waals surface area contributed by atoms with Crippen molar-refractivity contribution in [2.24, 2.45) is 5.73 Å². The van der Waals surface area contributed by atoms with Gasteiger partial charge in [-0.3, -0.25) is 10.1 Å². The average molecular weight is 258 g/mol. The molecule has 0 bridgehead atoms. The number of nitrogens with one attached hydrogen (secondary N) is 1. The van der Waals surface area contributed by atoms with Crippen LogP contribution < -0.4 is 11.1 Å². The maximum atomic E-state index is 12.0. The zero-order valence-electron chi connectivity index (χ0n) is 9.38. The number of nitrogens with zero attached hydrogens (tertiary/aromatic N) is 2. The molecule has 0 fully saturated rings. The Kier molecular flexibility index (Phi) is 4.02. The molecule has 0 saturated heterocycles. The Labute approximate surface area is 108 Å². The number of rotatable bonds is 2. The Bertz CT molecular complexity index is 597. The highest BCUT2D eigenvalue weighted by Gasteiger charge is 2.12. The van der Waals surface area contributed by atoms with Gasteiger partial charge in [0.25, 0.3) is 5.91 Å². The van der Waals surface area contributed by atoms with Gasteiger partial charge in [0.1, 0.15) is 4.88 Å². The van der Waals surface area contributed by atoms with Crippen LogP contribution in [0.4, 0.5) is 5.95 Å². The van der Waals surface area contributed by atoms with E-state index in [1.165, 1.54) is 11.3 Å². The fourth-order valence-electron chi connectivity index (χ4n) is 1.25. The molecule has 0 spiro atoms. The highest BCUT2D eigenvalue weighted by molar-refractivity contribution is 7.12. The van der Waals surface area contributed by atoms with E-state index >= 15 is 0 Å². The molecule has 2 rings (SSSR count). The second-order valence-corrected chi connectivity index (χ2v) is 4.11. The summed E-state index contributed by atoms with van der Waals surface area (Å²) in [5, 5.41) is 4.42. The lowest BCUT2D eigenvalue weighted by molar-refractivity contribution is 0.102. The van der Waals surface area contributed by atoms with Gasteiger partial charge in [0.2, 0.25) is 5.95 Å². The molecular formula is C12H10N4OS. The van der Waals surface area contributed by atoms with E-state index in [9.17, 15) is 4.79 Å². The van der Waals surface area contributed by atoms with E-state index in [0.717, 1.165) is 0 Å². The summed E-state index contributed by atoms with van der Waals surface area (Å²) in [7, 11) is 0. The van der Waals surface area contributed by atoms with E-state index in [1.807, 2.05) is 0 Å². The molecule has 0 aliphatic rings. The highest BCUT2D eigenvalue weighted by Crippen LogP contribution is 2.16. The highest BCUT2D eigenvalue weighted by atomic mass is 32.1. The number of aromatic nitrogens is 2. The minimum atomic E-state index is -0.266. The van der Waals surface area contributed by atoms with E-state index in [1.54, 1.807) is 29.9 Å². The zero-order chi connectivity index (χ0) is 12.8. The third-order valence-electron chi connectivity index (χ3n) is 1.99. The average Bonchev–Trinajstić information content (AvgIpc) is 2.86. The number of hydrogen-bond donors (Lipinski definition) is 2. The first kappa shape index (κ1) is 12.2. The topological polar surface area (TPSA) is 80.9 Å². The van der Waals surface area contributed by atoms with Gasteiger partial charge in [-0.05, 0) is 17.5 Å². The molecule has 18 heavy (non-hydrogen) atoms. The normalized spacial score (nSPS) is 9.39. The van der Waals surface area contributed by atoms with Crippen LogP contribution in [0.1, 0.15) is 15.2 Å². The van der Waals surface area contributed by atoms with Crippen LogP contribution in [0, 0.1) is 11.8 Å². The molecule has 3 N–H and O–H groups in total. The third-order valence-corrected chi connectivity index (χ3v) is 2.90. The van der Waals surface area contributed by atoms with Gasteiger partial charge in [-0.1, -0.05) is 11.8 Å². The largest absolute Gasteiger partial charge is 0.320 e. The number of anilines is 1. The number of amides is 1. The number of thiophene rings is 1. The van der Waals surface area contributed by atoms with Crippen molar-refractivity contribution in [1.29, 1.82) is 0 Å². The number of hydrogen-bond acceptors (Lipinski definition) is 5. The van der Waals surface area contributed by atoms with Gasteiger partial charge < -0.3 is 5.73 Å². The van der Waals surface area contributed by atoms with E-state index in [0.29, 0.717) is 10.4 Å². The van der Waals surface area contributed by atoms with Gasteiger partial charge in [0, 0.05) is 18.0 Å². The number of carbonyl (C=O) groups is 1. The Morgan fingerprint density at radius 2 is 2.22 bits per heavy atom. The van der Waals surface area contributed by atoms with Gasteiger partial charge in [-0.25, -0.2) is 9.97 Å². The van der Waals surface area contributed by atoms with Gasteiger partial charge in [-0.2, -0.15) is 0 Å². The predicted molar refractivity (Wildman–Crippen MR) is 70.2 cm³/mol. The summed E-state index contributed by atoms with van der Waals surface area (Å²) < 4.78 is 0. The monoisotopic (exact) mass is 258 g/mol. The molecule has 2 heterocycles. The molecule has 0 unspecified atom stereocenters. The molecule has 90 valence electrons. The minimum absolute atomic E-state index is 0.263. The molecule has 0 radical (unpaired) electrons. The Balaban J connectivity index is 2.17. The fraction of sp³-hybridized carbons (Fsp3) is 0.0833. The van der Waals surface area contributed by atoms with Crippen LogP contribution in [-0.4, -0.2) is 22.4 Å². The number of nitrogens with two attached hydrogens (primary N) is 1. The van der Waals surface area contributed by atoms with E-state index < -0.39 is 0 Å². The minimum Gasteiger partial charge on any atom is -0.320 e. The van der Waals surface area contributed by atoms with Crippen LogP contribution >= 0.6 is 11.3 Å². The summed E-state index contributed by atoms with van der Waals surface area (Å²) in [4.78, 5) is 20.4. The predicted octanol–water partition coefficient (Wildman–Crippen LogP) is 1.10. The molecule has 0 aromatic carbocycles. The third kappa shape index (κ3) is 2.91. The van der Waals surface area contributed by atoms with Crippen molar-refractivity contribution >= 4 is 23.2 Å². The molecule has 0 aliphatic carbocycles. The van der Waals surface area contributed by atoms with Crippen LogP contribution in [0.3, 0.4) is 0 Å². The molecule has 6 heteroatoms. The smallest absolute Gasteiger partial charge is 0.269 e. The van der Waals surface area contributed by atoms with Crippen LogP contribution in [-0.2, 0) is 0 Å². The molecule has 5 nitrogen and oxygen atoms in total. The maximum Gasteiger partial charge on any atom is 0.269 e. The lowest BCUT2D eigenvalue weighted by atomic mass is 10.2. The van der Waals surface area contributed by atoms with Crippen molar-refractivity contribution in [2.75, 3.05) is 11.9 Å². The second-order valence-electron chi connectivity index (χ2n) is 3.20. The van der Waals surface area contributed by atoms with E-state index in [2.05, 4.69) is 27.1 Å². The van der Waals surface area contributed by atoms with Crippen molar-refractivity contribution in [1.82, 2.24) is 9.97 Å². The lowest BCUT2D eigenvalue weighted by Crippen LogP contribution is -2.13.